The number of nitrogens with one attached hydrogen (secondary N) is 1. The molecule has 2 rings (SSSR count). The van der Waals surface area contributed by atoms with Crippen molar-refractivity contribution >= 4 is 6.09 Å². The Labute approximate surface area is 89.3 Å². The molecule has 0 aromatic heterocycles. The second-order valence-electron chi connectivity index (χ2n) is 5.22. The molecule has 0 aliphatic heterocycles. The van der Waals surface area contributed by atoms with Crippen LogP contribution in [-0.4, -0.2) is 16.7 Å². The summed E-state index contributed by atoms with van der Waals surface area (Å²) in [6.07, 6.45) is 2.76. The van der Waals surface area contributed by atoms with E-state index in [-0.39, 0.29) is 11.5 Å². The predicted octanol–water partition coefficient (Wildman–Crippen LogP) is 1.97. The van der Waals surface area contributed by atoms with Crippen LogP contribution in [0.3, 0.4) is 0 Å². The van der Waals surface area contributed by atoms with Crippen molar-refractivity contribution in [1.82, 2.24) is 5.32 Å². The number of hydrogen-bond acceptors (Lipinski definition) is 2. The van der Waals surface area contributed by atoms with Gasteiger partial charge in [-0.2, -0.15) is 5.26 Å². The van der Waals surface area contributed by atoms with E-state index >= 15 is 0 Å². The molecule has 1 amide bonds. The van der Waals surface area contributed by atoms with Gasteiger partial charge in [-0.1, -0.05) is 0 Å². The maximum atomic E-state index is 10.6. The minimum atomic E-state index is -0.936. The van der Waals surface area contributed by atoms with Crippen molar-refractivity contribution in [1.29, 1.82) is 5.26 Å². The van der Waals surface area contributed by atoms with Crippen molar-refractivity contribution in [3.05, 3.63) is 0 Å². The predicted molar refractivity (Wildman–Crippen MR) is 54.1 cm³/mol. The van der Waals surface area contributed by atoms with E-state index in [0.29, 0.717) is 11.8 Å². The molecule has 0 aromatic rings. The third-order valence-corrected chi connectivity index (χ3v) is 3.86. The Morgan fingerprint density at radius 1 is 1.47 bits per heavy atom. The minimum absolute atomic E-state index is 0.203. The van der Waals surface area contributed by atoms with Crippen LogP contribution >= 0.6 is 0 Å². The Morgan fingerprint density at radius 2 is 2.00 bits per heavy atom. The molecule has 4 atom stereocenters. The van der Waals surface area contributed by atoms with E-state index in [4.69, 9.17) is 10.4 Å². The van der Waals surface area contributed by atoms with Crippen LogP contribution in [0.5, 0.6) is 0 Å². The minimum Gasteiger partial charge on any atom is -0.465 e. The molecule has 0 aromatic carbocycles. The Bertz CT molecular complexity index is 307. The van der Waals surface area contributed by atoms with Crippen molar-refractivity contribution in [3.63, 3.8) is 0 Å². The highest BCUT2D eigenvalue weighted by Crippen LogP contribution is 2.50. The standard InChI is InChI=1S/C11H16N2O2/c1-11(13-10(14)15)4-8-2-7(6-12)3-9(8)5-11/h7-9,13H,2-5H2,1H3,(H,14,15)/t7?,8-,9+,11-. The molecule has 0 radical (unpaired) electrons. The number of hydrogen-bond donors (Lipinski definition) is 2. The molecule has 82 valence electrons. The van der Waals surface area contributed by atoms with Crippen molar-refractivity contribution in [3.8, 4) is 6.07 Å². The third kappa shape index (κ3) is 1.92. The summed E-state index contributed by atoms with van der Waals surface area (Å²) in [4.78, 5) is 10.6. The third-order valence-electron chi connectivity index (χ3n) is 3.86. The van der Waals surface area contributed by atoms with E-state index < -0.39 is 6.09 Å². The van der Waals surface area contributed by atoms with Gasteiger partial charge >= 0.3 is 6.09 Å². The fourth-order valence-corrected chi connectivity index (χ4v) is 3.42. The van der Waals surface area contributed by atoms with Gasteiger partial charge in [0, 0.05) is 11.5 Å². The van der Waals surface area contributed by atoms with Gasteiger partial charge in [0.15, 0.2) is 0 Å². The summed E-state index contributed by atoms with van der Waals surface area (Å²) in [5.74, 6) is 1.30. The highest BCUT2D eigenvalue weighted by molar-refractivity contribution is 5.65. The molecule has 1 unspecified atom stereocenters. The van der Waals surface area contributed by atoms with Gasteiger partial charge in [-0.25, -0.2) is 4.79 Å². The van der Waals surface area contributed by atoms with Gasteiger partial charge in [-0.3, -0.25) is 0 Å². The SMILES string of the molecule is C[C@@]1(NC(=O)O)C[C@H]2CC(C#N)C[C@H]2C1. The van der Waals surface area contributed by atoms with Crippen LogP contribution in [0, 0.1) is 29.1 Å². The summed E-state index contributed by atoms with van der Waals surface area (Å²) in [5, 5.41) is 20.2. The zero-order valence-electron chi connectivity index (χ0n) is 8.86. The lowest BCUT2D eigenvalue weighted by Gasteiger charge is -2.25. The van der Waals surface area contributed by atoms with Gasteiger partial charge < -0.3 is 10.4 Å². The maximum absolute atomic E-state index is 10.6. The second kappa shape index (κ2) is 3.41. The molecular formula is C11H16N2O2. The Balaban J connectivity index is 1.99. The van der Waals surface area contributed by atoms with Gasteiger partial charge in [0.25, 0.3) is 0 Å². The molecule has 2 fully saturated rings. The topological polar surface area (TPSA) is 73.1 Å². The zero-order chi connectivity index (χ0) is 11.1. The van der Waals surface area contributed by atoms with Gasteiger partial charge in [-0.05, 0) is 44.4 Å². The van der Waals surface area contributed by atoms with Gasteiger partial charge in [-0.15, -0.1) is 0 Å². The summed E-state index contributed by atoms with van der Waals surface area (Å²) in [6.45, 7) is 1.97. The molecule has 4 nitrogen and oxygen atoms in total. The first-order valence-corrected chi connectivity index (χ1v) is 5.43. The van der Waals surface area contributed by atoms with E-state index in [1.807, 2.05) is 6.92 Å². The number of nitrogens with zero attached hydrogens (tertiary/aromatic N) is 1. The van der Waals surface area contributed by atoms with E-state index in [2.05, 4.69) is 11.4 Å². The van der Waals surface area contributed by atoms with Crippen molar-refractivity contribution < 1.29 is 9.90 Å². The first kappa shape index (κ1) is 10.3. The Hall–Kier alpha value is -1.24. The molecule has 0 saturated heterocycles. The molecular weight excluding hydrogens is 192 g/mol. The Morgan fingerprint density at radius 3 is 2.40 bits per heavy atom. The number of amides is 1. The zero-order valence-corrected chi connectivity index (χ0v) is 8.86. The molecule has 0 spiro atoms. The fraction of sp³-hybridized carbons (Fsp3) is 0.818. The van der Waals surface area contributed by atoms with Gasteiger partial charge in [0.2, 0.25) is 0 Å². The van der Waals surface area contributed by atoms with E-state index in [1.54, 1.807) is 0 Å². The average molecular weight is 208 g/mol. The lowest BCUT2D eigenvalue weighted by molar-refractivity contribution is 0.178. The maximum Gasteiger partial charge on any atom is 0.405 e. The van der Waals surface area contributed by atoms with Crippen LogP contribution in [-0.2, 0) is 0 Å². The van der Waals surface area contributed by atoms with Crippen LogP contribution < -0.4 is 5.32 Å². The van der Waals surface area contributed by atoms with Gasteiger partial charge in [0.05, 0.1) is 6.07 Å². The smallest absolute Gasteiger partial charge is 0.405 e. The molecule has 2 N–H and O–H groups in total. The molecule has 2 aliphatic rings. The summed E-state index contributed by atoms with van der Waals surface area (Å²) in [6, 6.07) is 2.32. The number of carbonyl (C=O) groups is 1. The molecule has 4 heteroatoms. The van der Waals surface area contributed by atoms with E-state index in [9.17, 15) is 4.79 Å². The number of carboxylic acid groups (broad SMARTS) is 1. The van der Waals surface area contributed by atoms with Gasteiger partial charge in [0.1, 0.15) is 0 Å². The normalized spacial score (nSPS) is 43.3. The highest BCUT2D eigenvalue weighted by Gasteiger charge is 2.47. The summed E-state index contributed by atoms with van der Waals surface area (Å²) < 4.78 is 0. The molecule has 15 heavy (non-hydrogen) atoms. The van der Waals surface area contributed by atoms with Crippen molar-refractivity contribution in [2.75, 3.05) is 0 Å². The summed E-state index contributed by atoms with van der Waals surface area (Å²) in [5.41, 5.74) is -0.262. The van der Waals surface area contributed by atoms with E-state index in [0.717, 1.165) is 25.7 Å². The number of fused-ring (bicyclic) bond motifs is 1. The largest absolute Gasteiger partial charge is 0.465 e. The summed E-state index contributed by atoms with van der Waals surface area (Å²) >= 11 is 0. The van der Waals surface area contributed by atoms with Crippen LogP contribution in [0.4, 0.5) is 4.79 Å². The second-order valence-corrected chi connectivity index (χ2v) is 5.22. The van der Waals surface area contributed by atoms with Crippen LogP contribution in [0.1, 0.15) is 32.6 Å². The fourth-order valence-electron chi connectivity index (χ4n) is 3.42. The first-order valence-electron chi connectivity index (χ1n) is 5.43. The van der Waals surface area contributed by atoms with Crippen molar-refractivity contribution in [2.24, 2.45) is 17.8 Å². The van der Waals surface area contributed by atoms with E-state index in [1.165, 1.54) is 0 Å². The van der Waals surface area contributed by atoms with Crippen LogP contribution in [0.25, 0.3) is 0 Å². The number of nitriles is 1. The molecule has 0 heterocycles. The molecule has 2 saturated carbocycles. The Kier molecular flexibility index (Phi) is 2.34. The quantitative estimate of drug-likeness (QED) is 0.692. The van der Waals surface area contributed by atoms with Crippen LogP contribution in [0.2, 0.25) is 0 Å². The van der Waals surface area contributed by atoms with Crippen molar-refractivity contribution in [2.45, 2.75) is 38.1 Å². The first-order chi connectivity index (χ1) is 7.02. The molecule has 2 aliphatic carbocycles. The highest BCUT2D eigenvalue weighted by atomic mass is 16.4. The lowest BCUT2D eigenvalue weighted by atomic mass is 9.94. The average Bonchev–Trinajstić information content (AvgIpc) is 2.56. The number of rotatable bonds is 1. The summed E-state index contributed by atoms with van der Waals surface area (Å²) in [7, 11) is 0. The lowest BCUT2D eigenvalue weighted by Crippen LogP contribution is -2.43. The van der Waals surface area contributed by atoms with Crippen LogP contribution in [0.15, 0.2) is 0 Å². The monoisotopic (exact) mass is 208 g/mol. The molecule has 0 bridgehead atoms.